The van der Waals surface area contributed by atoms with Crippen LogP contribution in [0.25, 0.3) is 10.8 Å². The Labute approximate surface area is 99.3 Å². The van der Waals surface area contributed by atoms with Gasteiger partial charge in [-0.3, -0.25) is 9.78 Å². The topological polar surface area (TPSA) is 42.0 Å². The maximum Gasteiger partial charge on any atom is 0.225 e. The first-order chi connectivity index (χ1) is 7.81. The van der Waals surface area contributed by atoms with Gasteiger partial charge in [-0.25, -0.2) is 0 Å². The number of benzene rings is 1. The minimum Gasteiger partial charge on any atom is -0.325 e. The summed E-state index contributed by atoms with van der Waals surface area (Å²) in [4.78, 5) is 15.5. The van der Waals surface area contributed by atoms with Gasteiger partial charge in [-0.15, -0.1) is 0 Å². The monoisotopic (exact) mass is 232 g/mol. The summed E-state index contributed by atoms with van der Waals surface area (Å²) in [5.41, 5.74) is 0.826. The van der Waals surface area contributed by atoms with Gasteiger partial charge >= 0.3 is 0 Å². The number of amides is 1. The molecule has 0 aliphatic heterocycles. The Morgan fingerprint density at radius 1 is 1.38 bits per heavy atom. The molecule has 1 aromatic heterocycles. The van der Waals surface area contributed by atoms with Crippen LogP contribution >= 0.6 is 12.6 Å². The number of thiol groups is 1. The quantitative estimate of drug-likeness (QED) is 0.798. The van der Waals surface area contributed by atoms with E-state index in [0.29, 0.717) is 12.2 Å². The SMILES string of the molecule is O=C(CCS)Nc1cccc2cnccc12. The average Bonchev–Trinajstić information content (AvgIpc) is 2.30. The first-order valence-corrected chi connectivity index (χ1v) is 5.68. The van der Waals surface area contributed by atoms with E-state index >= 15 is 0 Å². The maximum absolute atomic E-state index is 11.5. The smallest absolute Gasteiger partial charge is 0.225 e. The van der Waals surface area contributed by atoms with Gasteiger partial charge in [0.25, 0.3) is 0 Å². The molecule has 4 heteroatoms. The van der Waals surface area contributed by atoms with E-state index in [1.807, 2.05) is 24.3 Å². The maximum atomic E-state index is 11.5. The van der Waals surface area contributed by atoms with Gasteiger partial charge in [0.2, 0.25) is 5.91 Å². The van der Waals surface area contributed by atoms with Gasteiger partial charge in [0, 0.05) is 35.3 Å². The standard InChI is InChI=1S/C12H12N2OS/c15-12(5-7-16)14-11-3-1-2-9-8-13-6-4-10(9)11/h1-4,6,8,16H,5,7H2,(H,14,15). The summed E-state index contributed by atoms with van der Waals surface area (Å²) in [5.74, 6) is 0.539. The highest BCUT2D eigenvalue weighted by atomic mass is 32.1. The van der Waals surface area contributed by atoms with Crippen LogP contribution in [0.2, 0.25) is 0 Å². The Balaban J connectivity index is 2.33. The number of aromatic nitrogens is 1. The predicted octanol–water partition coefficient (Wildman–Crippen LogP) is 2.49. The summed E-state index contributed by atoms with van der Waals surface area (Å²) in [7, 11) is 0. The molecule has 2 rings (SSSR count). The third-order valence-electron chi connectivity index (χ3n) is 2.29. The Morgan fingerprint density at radius 2 is 2.25 bits per heavy atom. The number of nitrogens with zero attached hydrogens (tertiary/aromatic N) is 1. The number of nitrogens with one attached hydrogen (secondary N) is 1. The van der Waals surface area contributed by atoms with E-state index in [-0.39, 0.29) is 5.91 Å². The predicted molar refractivity (Wildman–Crippen MR) is 68.8 cm³/mol. The molecular weight excluding hydrogens is 220 g/mol. The molecule has 0 aliphatic rings. The molecule has 0 spiro atoms. The fourth-order valence-corrected chi connectivity index (χ4v) is 1.75. The number of pyridine rings is 1. The van der Waals surface area contributed by atoms with Crippen molar-refractivity contribution in [2.45, 2.75) is 6.42 Å². The molecule has 0 bridgehead atoms. The van der Waals surface area contributed by atoms with E-state index in [4.69, 9.17) is 0 Å². The molecule has 1 aromatic carbocycles. The van der Waals surface area contributed by atoms with E-state index < -0.39 is 0 Å². The average molecular weight is 232 g/mol. The fourth-order valence-electron chi connectivity index (χ4n) is 1.55. The highest BCUT2D eigenvalue weighted by molar-refractivity contribution is 7.80. The zero-order valence-electron chi connectivity index (χ0n) is 8.68. The van der Waals surface area contributed by atoms with Crippen LogP contribution in [0.4, 0.5) is 5.69 Å². The van der Waals surface area contributed by atoms with Crippen LogP contribution in [0.1, 0.15) is 6.42 Å². The first kappa shape index (κ1) is 11.0. The number of fused-ring (bicyclic) bond motifs is 1. The zero-order chi connectivity index (χ0) is 11.4. The molecule has 16 heavy (non-hydrogen) atoms. The second-order valence-corrected chi connectivity index (χ2v) is 3.87. The van der Waals surface area contributed by atoms with E-state index in [1.165, 1.54) is 0 Å². The molecule has 82 valence electrons. The van der Waals surface area contributed by atoms with Crippen LogP contribution in [0, 0.1) is 0 Å². The minimum atomic E-state index is -0.0145. The second kappa shape index (κ2) is 4.99. The molecule has 0 fully saturated rings. The molecule has 0 aliphatic carbocycles. The van der Waals surface area contributed by atoms with Gasteiger partial charge in [-0.2, -0.15) is 12.6 Å². The van der Waals surface area contributed by atoms with Gasteiger partial charge in [-0.1, -0.05) is 12.1 Å². The zero-order valence-corrected chi connectivity index (χ0v) is 9.58. The van der Waals surface area contributed by atoms with Crippen molar-refractivity contribution in [2.75, 3.05) is 11.1 Å². The molecule has 3 nitrogen and oxygen atoms in total. The second-order valence-electron chi connectivity index (χ2n) is 3.42. The highest BCUT2D eigenvalue weighted by Gasteiger charge is 2.04. The summed E-state index contributed by atoms with van der Waals surface area (Å²) in [6.07, 6.45) is 3.92. The van der Waals surface area contributed by atoms with Crippen molar-refractivity contribution in [2.24, 2.45) is 0 Å². The highest BCUT2D eigenvalue weighted by Crippen LogP contribution is 2.22. The summed E-state index contributed by atoms with van der Waals surface area (Å²) in [5, 5.41) is 4.89. The number of hydrogen-bond donors (Lipinski definition) is 2. The van der Waals surface area contributed by atoms with Crippen LogP contribution in [-0.2, 0) is 4.79 Å². The lowest BCUT2D eigenvalue weighted by molar-refractivity contribution is -0.115. The van der Waals surface area contributed by atoms with Gasteiger partial charge in [0.1, 0.15) is 0 Å². The van der Waals surface area contributed by atoms with Crippen molar-refractivity contribution < 1.29 is 4.79 Å². The Hall–Kier alpha value is -1.55. The summed E-state index contributed by atoms with van der Waals surface area (Å²) in [6.45, 7) is 0. The molecule has 0 atom stereocenters. The molecule has 1 heterocycles. The first-order valence-electron chi connectivity index (χ1n) is 5.05. The lowest BCUT2D eigenvalue weighted by Crippen LogP contribution is -2.11. The van der Waals surface area contributed by atoms with Crippen molar-refractivity contribution in [3.8, 4) is 0 Å². The van der Waals surface area contributed by atoms with Crippen LogP contribution in [0.15, 0.2) is 36.7 Å². The lowest BCUT2D eigenvalue weighted by Gasteiger charge is -2.07. The Morgan fingerprint density at radius 3 is 3.06 bits per heavy atom. The van der Waals surface area contributed by atoms with E-state index in [2.05, 4.69) is 22.9 Å². The van der Waals surface area contributed by atoms with Crippen molar-refractivity contribution >= 4 is 35.0 Å². The number of carbonyl (C=O) groups is 1. The summed E-state index contributed by atoms with van der Waals surface area (Å²) < 4.78 is 0. The van der Waals surface area contributed by atoms with Crippen LogP contribution in [-0.4, -0.2) is 16.6 Å². The molecule has 0 saturated heterocycles. The van der Waals surface area contributed by atoms with Gasteiger partial charge in [0.05, 0.1) is 0 Å². The van der Waals surface area contributed by atoms with E-state index in [1.54, 1.807) is 12.4 Å². The Bertz CT molecular complexity index is 508. The number of hydrogen-bond acceptors (Lipinski definition) is 3. The molecule has 0 radical (unpaired) electrons. The van der Waals surface area contributed by atoms with Crippen LogP contribution in [0.5, 0.6) is 0 Å². The third kappa shape index (κ3) is 2.33. The number of carbonyl (C=O) groups excluding carboxylic acids is 1. The van der Waals surface area contributed by atoms with Gasteiger partial charge in [-0.05, 0) is 17.9 Å². The molecule has 0 saturated carbocycles. The number of rotatable bonds is 3. The van der Waals surface area contributed by atoms with Gasteiger partial charge < -0.3 is 5.32 Å². The van der Waals surface area contributed by atoms with E-state index in [0.717, 1.165) is 16.5 Å². The summed E-state index contributed by atoms with van der Waals surface area (Å²) in [6, 6.07) is 7.65. The molecule has 1 N–H and O–H groups in total. The van der Waals surface area contributed by atoms with Crippen molar-refractivity contribution in [3.05, 3.63) is 36.7 Å². The lowest BCUT2D eigenvalue weighted by atomic mass is 10.1. The van der Waals surface area contributed by atoms with Crippen molar-refractivity contribution in [1.82, 2.24) is 4.98 Å². The largest absolute Gasteiger partial charge is 0.325 e. The molecule has 1 amide bonds. The fraction of sp³-hybridized carbons (Fsp3) is 0.167. The Kier molecular flexibility index (Phi) is 3.41. The third-order valence-corrected chi connectivity index (χ3v) is 2.52. The molecule has 2 aromatic rings. The van der Waals surface area contributed by atoms with Crippen molar-refractivity contribution in [3.63, 3.8) is 0 Å². The summed E-state index contributed by atoms with van der Waals surface area (Å²) >= 11 is 4.03. The van der Waals surface area contributed by atoms with E-state index in [9.17, 15) is 4.79 Å². The van der Waals surface area contributed by atoms with Crippen LogP contribution in [0.3, 0.4) is 0 Å². The van der Waals surface area contributed by atoms with Crippen LogP contribution < -0.4 is 5.32 Å². The molecular formula is C12H12N2OS. The molecule has 0 unspecified atom stereocenters. The number of anilines is 1. The minimum absolute atomic E-state index is 0.0145. The van der Waals surface area contributed by atoms with Gasteiger partial charge in [0.15, 0.2) is 0 Å². The normalized spacial score (nSPS) is 10.3. The van der Waals surface area contributed by atoms with Crippen molar-refractivity contribution in [1.29, 1.82) is 0 Å².